The number of hydrogen-bond donors (Lipinski definition) is 1. The zero-order valence-corrected chi connectivity index (χ0v) is 14.7. The molecule has 0 saturated heterocycles. The van der Waals surface area contributed by atoms with E-state index in [0.717, 1.165) is 15.6 Å². The van der Waals surface area contributed by atoms with Crippen LogP contribution >= 0.6 is 23.1 Å². The first-order valence-corrected chi connectivity index (χ1v) is 9.32. The molecule has 0 fully saturated rings. The van der Waals surface area contributed by atoms with E-state index < -0.39 is 0 Å². The molecule has 0 aliphatic heterocycles. The molecule has 5 heteroatoms. The Kier molecular flexibility index (Phi) is 4.98. The maximum Gasteiger partial charge on any atom is 0.230 e. The molecule has 1 amide bonds. The molecule has 0 aliphatic rings. The summed E-state index contributed by atoms with van der Waals surface area (Å²) in [5.41, 5.74) is 2.15. The minimum atomic E-state index is -0.0211. The Bertz CT molecular complexity index is 823. The average Bonchev–Trinajstić information content (AvgIpc) is 2.98. The molecule has 1 N–H and O–H groups in total. The standard InChI is InChI=1S/C18H18N2OS2/c1-12-10-22-18(19-12)23-11-17(21)20-13(2)15-9-5-7-14-6-3-4-8-16(14)15/h3-10,13H,11H2,1-2H3,(H,20,21). The Balaban J connectivity index is 1.65. The number of thioether (sulfide) groups is 1. The second kappa shape index (κ2) is 7.15. The van der Waals surface area contributed by atoms with Crippen LogP contribution in [-0.2, 0) is 4.79 Å². The molecule has 3 nitrogen and oxygen atoms in total. The van der Waals surface area contributed by atoms with Gasteiger partial charge < -0.3 is 5.32 Å². The lowest BCUT2D eigenvalue weighted by Gasteiger charge is -2.16. The normalized spacial score (nSPS) is 12.3. The molecule has 1 aromatic heterocycles. The summed E-state index contributed by atoms with van der Waals surface area (Å²) in [4.78, 5) is 16.6. The highest BCUT2D eigenvalue weighted by molar-refractivity contribution is 8.01. The van der Waals surface area contributed by atoms with E-state index in [1.54, 1.807) is 11.3 Å². The Hall–Kier alpha value is -1.85. The third kappa shape index (κ3) is 3.92. The first-order chi connectivity index (χ1) is 11.1. The highest BCUT2D eigenvalue weighted by atomic mass is 32.2. The Labute approximate surface area is 144 Å². The van der Waals surface area contributed by atoms with Gasteiger partial charge in [0.2, 0.25) is 5.91 Å². The maximum absolute atomic E-state index is 12.2. The molecule has 0 bridgehead atoms. The monoisotopic (exact) mass is 342 g/mol. The summed E-state index contributed by atoms with van der Waals surface area (Å²) in [6, 6.07) is 14.4. The fourth-order valence-electron chi connectivity index (χ4n) is 2.51. The molecule has 118 valence electrons. The zero-order chi connectivity index (χ0) is 16.2. The van der Waals surface area contributed by atoms with Crippen molar-refractivity contribution in [3.63, 3.8) is 0 Å². The number of aromatic nitrogens is 1. The van der Waals surface area contributed by atoms with Crippen molar-refractivity contribution >= 4 is 39.8 Å². The van der Waals surface area contributed by atoms with Gasteiger partial charge in [0.15, 0.2) is 4.34 Å². The summed E-state index contributed by atoms with van der Waals surface area (Å²) in [6.45, 7) is 3.99. The second-order valence-corrected chi connectivity index (χ2v) is 7.48. The van der Waals surface area contributed by atoms with Crippen LogP contribution in [0.5, 0.6) is 0 Å². The highest BCUT2D eigenvalue weighted by Gasteiger charge is 2.13. The Morgan fingerprint density at radius 2 is 2.04 bits per heavy atom. The largest absolute Gasteiger partial charge is 0.349 e. The summed E-state index contributed by atoms with van der Waals surface area (Å²) in [5, 5.41) is 7.46. The minimum Gasteiger partial charge on any atom is -0.349 e. The van der Waals surface area contributed by atoms with Crippen molar-refractivity contribution in [2.45, 2.75) is 24.2 Å². The molecule has 0 radical (unpaired) electrons. The van der Waals surface area contributed by atoms with E-state index >= 15 is 0 Å². The van der Waals surface area contributed by atoms with Crippen molar-refractivity contribution in [1.29, 1.82) is 0 Å². The van der Waals surface area contributed by atoms with E-state index in [-0.39, 0.29) is 11.9 Å². The summed E-state index contributed by atoms with van der Waals surface area (Å²) < 4.78 is 0.940. The number of fused-ring (bicyclic) bond motifs is 1. The number of nitrogens with one attached hydrogen (secondary N) is 1. The van der Waals surface area contributed by atoms with Crippen molar-refractivity contribution in [2.75, 3.05) is 5.75 Å². The van der Waals surface area contributed by atoms with Gasteiger partial charge in [0.05, 0.1) is 11.8 Å². The molecule has 3 aromatic rings. The molecule has 23 heavy (non-hydrogen) atoms. The molecule has 2 aromatic carbocycles. The lowest BCUT2D eigenvalue weighted by Crippen LogP contribution is -2.28. The quantitative estimate of drug-likeness (QED) is 0.690. The number of thiazole rings is 1. The first-order valence-electron chi connectivity index (χ1n) is 7.45. The molecular formula is C18H18N2OS2. The van der Waals surface area contributed by atoms with Gasteiger partial charge in [-0.1, -0.05) is 54.2 Å². The number of benzene rings is 2. The second-order valence-electron chi connectivity index (χ2n) is 5.40. The summed E-state index contributed by atoms with van der Waals surface area (Å²) in [7, 11) is 0. The fourth-order valence-corrected chi connectivity index (χ4v) is 4.18. The number of aryl methyl sites for hydroxylation is 1. The smallest absolute Gasteiger partial charge is 0.230 e. The molecule has 0 spiro atoms. The topological polar surface area (TPSA) is 42.0 Å². The van der Waals surface area contributed by atoms with Gasteiger partial charge in [-0.15, -0.1) is 11.3 Å². The first kappa shape index (κ1) is 16.0. The Morgan fingerprint density at radius 3 is 2.83 bits per heavy atom. The van der Waals surface area contributed by atoms with Crippen LogP contribution in [0.3, 0.4) is 0 Å². The van der Waals surface area contributed by atoms with Gasteiger partial charge >= 0.3 is 0 Å². The number of hydrogen-bond acceptors (Lipinski definition) is 4. The van der Waals surface area contributed by atoms with Crippen LogP contribution in [0.1, 0.15) is 24.2 Å². The number of rotatable bonds is 5. The van der Waals surface area contributed by atoms with Gasteiger partial charge in [-0.05, 0) is 30.2 Å². The molecule has 0 aliphatic carbocycles. The van der Waals surface area contributed by atoms with Gasteiger partial charge in [0.1, 0.15) is 0 Å². The minimum absolute atomic E-state index is 0.0211. The van der Waals surface area contributed by atoms with Crippen LogP contribution in [0.15, 0.2) is 52.2 Å². The van der Waals surface area contributed by atoms with Crippen molar-refractivity contribution in [2.24, 2.45) is 0 Å². The van der Waals surface area contributed by atoms with Crippen LogP contribution in [0.2, 0.25) is 0 Å². The van der Waals surface area contributed by atoms with Crippen LogP contribution in [0.4, 0.5) is 0 Å². The predicted octanol–water partition coefficient (Wildman–Crippen LogP) is 4.57. The van der Waals surface area contributed by atoms with Gasteiger partial charge in [0, 0.05) is 11.1 Å². The van der Waals surface area contributed by atoms with Crippen molar-refractivity contribution in [3.05, 3.63) is 59.1 Å². The number of nitrogens with zero attached hydrogens (tertiary/aromatic N) is 1. The predicted molar refractivity (Wildman–Crippen MR) is 98.1 cm³/mol. The third-order valence-electron chi connectivity index (χ3n) is 3.59. The van der Waals surface area contributed by atoms with Crippen molar-refractivity contribution in [1.82, 2.24) is 10.3 Å². The average molecular weight is 342 g/mol. The van der Waals surface area contributed by atoms with Gasteiger partial charge in [-0.3, -0.25) is 4.79 Å². The van der Waals surface area contributed by atoms with E-state index in [1.165, 1.54) is 22.5 Å². The summed E-state index contributed by atoms with van der Waals surface area (Å²) >= 11 is 3.07. The Morgan fingerprint density at radius 1 is 1.26 bits per heavy atom. The number of amides is 1. The lowest BCUT2D eigenvalue weighted by molar-refractivity contribution is -0.119. The van der Waals surface area contributed by atoms with E-state index in [1.807, 2.05) is 37.4 Å². The van der Waals surface area contributed by atoms with Crippen LogP contribution in [0.25, 0.3) is 10.8 Å². The fraction of sp³-hybridized carbons (Fsp3) is 0.222. The van der Waals surface area contributed by atoms with Crippen molar-refractivity contribution in [3.8, 4) is 0 Å². The third-order valence-corrected chi connectivity index (χ3v) is 5.73. The van der Waals surface area contributed by atoms with Crippen molar-refractivity contribution < 1.29 is 4.79 Å². The van der Waals surface area contributed by atoms with Gasteiger partial charge in [-0.25, -0.2) is 4.98 Å². The molecule has 3 rings (SSSR count). The molecule has 1 atom stereocenters. The van der Waals surface area contributed by atoms with E-state index in [0.29, 0.717) is 5.75 Å². The lowest BCUT2D eigenvalue weighted by atomic mass is 10.00. The molecular weight excluding hydrogens is 324 g/mol. The van der Waals surface area contributed by atoms with Crippen LogP contribution < -0.4 is 5.32 Å². The van der Waals surface area contributed by atoms with Crippen LogP contribution in [-0.4, -0.2) is 16.6 Å². The summed E-state index contributed by atoms with van der Waals surface area (Å²) in [6.07, 6.45) is 0. The number of carbonyl (C=O) groups is 1. The van der Waals surface area contributed by atoms with E-state index in [9.17, 15) is 4.79 Å². The highest BCUT2D eigenvalue weighted by Crippen LogP contribution is 2.25. The van der Waals surface area contributed by atoms with E-state index in [2.05, 4.69) is 34.6 Å². The molecule has 1 heterocycles. The number of carbonyl (C=O) groups excluding carboxylic acids is 1. The maximum atomic E-state index is 12.2. The SMILES string of the molecule is Cc1csc(SCC(=O)NC(C)c2cccc3ccccc23)n1. The van der Waals surface area contributed by atoms with Gasteiger partial charge in [0.25, 0.3) is 0 Å². The van der Waals surface area contributed by atoms with E-state index in [4.69, 9.17) is 0 Å². The summed E-state index contributed by atoms with van der Waals surface area (Å²) in [5.74, 6) is 0.422. The molecule has 0 saturated carbocycles. The van der Waals surface area contributed by atoms with Gasteiger partial charge in [-0.2, -0.15) is 0 Å². The molecule has 1 unspecified atom stereocenters. The van der Waals surface area contributed by atoms with Crippen LogP contribution in [0, 0.1) is 6.92 Å². The zero-order valence-electron chi connectivity index (χ0n) is 13.1.